The van der Waals surface area contributed by atoms with Gasteiger partial charge in [0.25, 0.3) is 0 Å². The highest BCUT2D eigenvalue weighted by Gasteiger charge is 2.32. The van der Waals surface area contributed by atoms with Crippen molar-refractivity contribution in [3.05, 3.63) is 70.0 Å². The number of carbonyl (C=O) groups excluding carboxylic acids is 2. The molecule has 38 heavy (non-hydrogen) atoms. The number of esters is 1. The van der Waals surface area contributed by atoms with Crippen LogP contribution in [0.15, 0.2) is 47.8 Å². The van der Waals surface area contributed by atoms with E-state index in [0.717, 1.165) is 48.2 Å². The Hall–Kier alpha value is -3.28. The highest BCUT2D eigenvalue weighted by molar-refractivity contribution is 6.22. The lowest BCUT2D eigenvalue weighted by Gasteiger charge is -2.21. The molecule has 2 aromatic rings. The largest absolute Gasteiger partial charge is 0.453 e. The minimum atomic E-state index is -0.569. The van der Waals surface area contributed by atoms with E-state index in [1.165, 1.54) is 24.0 Å². The minimum Gasteiger partial charge on any atom is -0.453 e. The predicted octanol–water partition coefficient (Wildman–Crippen LogP) is 6.20. The molecule has 0 amide bonds. The van der Waals surface area contributed by atoms with Crippen molar-refractivity contribution in [1.29, 1.82) is 0 Å². The van der Waals surface area contributed by atoms with Gasteiger partial charge in [0.1, 0.15) is 11.4 Å². The first-order chi connectivity index (χ1) is 18.0. The Labute approximate surface area is 228 Å². The number of benzene rings is 2. The zero-order valence-corrected chi connectivity index (χ0v) is 24.3. The Balaban J connectivity index is 1.50. The van der Waals surface area contributed by atoms with Crippen LogP contribution in [0.1, 0.15) is 75.1 Å². The van der Waals surface area contributed by atoms with E-state index in [-0.39, 0.29) is 23.4 Å². The lowest BCUT2D eigenvalue weighted by molar-refractivity contribution is -0.135. The van der Waals surface area contributed by atoms with Crippen LogP contribution in [0.4, 0.5) is 11.4 Å². The third-order valence-corrected chi connectivity index (χ3v) is 7.12. The van der Waals surface area contributed by atoms with E-state index in [1.54, 1.807) is 0 Å². The second-order valence-corrected chi connectivity index (χ2v) is 11.6. The number of Topliss-reactive ketones (excluding diaryl/α,β-unsaturated/α-hetero) is 1. The molecule has 206 valence electrons. The van der Waals surface area contributed by atoms with Gasteiger partial charge in [0.05, 0.1) is 0 Å². The van der Waals surface area contributed by atoms with Gasteiger partial charge in [-0.15, -0.1) is 0 Å². The van der Waals surface area contributed by atoms with Gasteiger partial charge in [0.2, 0.25) is 5.78 Å². The number of ketones is 1. The van der Waals surface area contributed by atoms with Gasteiger partial charge in [0, 0.05) is 32.0 Å². The molecule has 1 saturated heterocycles. The fraction of sp³-hybridized carbons (Fsp3) is 0.500. The molecule has 6 nitrogen and oxygen atoms in total. The van der Waals surface area contributed by atoms with E-state index in [1.807, 2.05) is 27.9 Å². The fourth-order valence-corrected chi connectivity index (χ4v) is 4.72. The summed E-state index contributed by atoms with van der Waals surface area (Å²) in [5, 5.41) is 6.69. The molecule has 2 aromatic carbocycles. The van der Waals surface area contributed by atoms with Crippen LogP contribution in [0.2, 0.25) is 0 Å². The van der Waals surface area contributed by atoms with Crippen LogP contribution in [0, 0.1) is 13.8 Å². The number of hydrogen-bond acceptors (Lipinski definition) is 6. The van der Waals surface area contributed by atoms with Gasteiger partial charge in [-0.05, 0) is 72.9 Å². The number of aryl methyl sites for hydroxylation is 3. The molecule has 0 atom stereocenters. The molecule has 0 bridgehead atoms. The summed E-state index contributed by atoms with van der Waals surface area (Å²) in [5.74, 6) is -0.415. The van der Waals surface area contributed by atoms with E-state index in [9.17, 15) is 9.59 Å². The summed E-state index contributed by atoms with van der Waals surface area (Å²) >= 11 is 0. The number of anilines is 2. The number of unbranched alkanes of at least 4 members (excludes halogenated alkanes) is 4. The van der Waals surface area contributed by atoms with E-state index in [4.69, 9.17) is 4.74 Å². The molecule has 2 N–H and O–H groups in total. The summed E-state index contributed by atoms with van der Waals surface area (Å²) in [6.07, 6.45) is 6.69. The summed E-state index contributed by atoms with van der Waals surface area (Å²) in [5.41, 5.74) is 7.14. The quantitative estimate of drug-likeness (QED) is 0.151. The van der Waals surface area contributed by atoms with Gasteiger partial charge in [-0.2, -0.15) is 0 Å². The molecule has 1 fully saturated rings. The molecule has 0 unspecified atom stereocenters. The zero-order valence-electron chi connectivity index (χ0n) is 24.3. The van der Waals surface area contributed by atoms with Crippen molar-refractivity contribution in [1.82, 2.24) is 5.32 Å². The Bertz CT molecular complexity index is 1120. The monoisotopic (exact) mass is 519 g/mol. The molecular weight excluding hydrogens is 474 g/mol. The zero-order chi connectivity index (χ0) is 27.9. The first-order valence-corrected chi connectivity index (χ1v) is 13.8. The molecule has 1 aliphatic heterocycles. The van der Waals surface area contributed by atoms with Crippen LogP contribution < -0.4 is 15.5 Å². The Morgan fingerprint density at radius 2 is 1.53 bits per heavy atom. The van der Waals surface area contributed by atoms with Crippen molar-refractivity contribution in [2.75, 3.05) is 37.5 Å². The lowest BCUT2D eigenvalue weighted by Crippen LogP contribution is -2.26. The minimum absolute atomic E-state index is 0.0814. The van der Waals surface area contributed by atoms with E-state index in [0.29, 0.717) is 12.4 Å². The standard InChI is InChI=1S/C32H45N3O3/c1-22-19-26(35(6)7)20-23(2)29(22)34-30(28-27(36)21-38-31(28)37)33-18-12-10-8-9-11-13-24-14-16-25(17-15-24)32(3,4)5/h14-17,19-20,33-34H,8-13,18,21H2,1-7H3. The molecule has 1 aliphatic rings. The number of rotatable bonds is 12. The van der Waals surface area contributed by atoms with Gasteiger partial charge in [-0.3, -0.25) is 4.79 Å². The number of nitrogens with one attached hydrogen (secondary N) is 2. The molecule has 6 heteroatoms. The predicted molar refractivity (Wildman–Crippen MR) is 157 cm³/mol. The smallest absolute Gasteiger partial charge is 0.346 e. The molecule has 0 radical (unpaired) electrons. The fourth-order valence-electron chi connectivity index (χ4n) is 4.72. The maximum Gasteiger partial charge on any atom is 0.346 e. The topological polar surface area (TPSA) is 70.7 Å². The van der Waals surface area contributed by atoms with Crippen molar-refractivity contribution >= 4 is 23.1 Å². The van der Waals surface area contributed by atoms with E-state index >= 15 is 0 Å². The van der Waals surface area contributed by atoms with Crippen LogP contribution in [0.3, 0.4) is 0 Å². The van der Waals surface area contributed by atoms with Crippen LogP contribution in [-0.4, -0.2) is 39.0 Å². The maximum absolute atomic E-state index is 12.4. The summed E-state index contributed by atoms with van der Waals surface area (Å²) in [6.45, 7) is 11.3. The SMILES string of the molecule is Cc1cc(N(C)C)cc(C)c1NC(NCCCCCCCc1ccc(C(C)(C)C)cc1)=C1C(=O)COC1=O. The summed E-state index contributed by atoms with van der Waals surface area (Å²) in [6, 6.07) is 13.2. The van der Waals surface area contributed by atoms with Gasteiger partial charge in [0.15, 0.2) is 6.61 Å². The number of carbonyl (C=O) groups is 2. The Morgan fingerprint density at radius 1 is 0.921 bits per heavy atom. The molecule has 0 aliphatic carbocycles. The van der Waals surface area contributed by atoms with Crippen LogP contribution in [0.5, 0.6) is 0 Å². The molecular formula is C32H45N3O3. The van der Waals surface area contributed by atoms with Crippen molar-refractivity contribution in [3.63, 3.8) is 0 Å². The first kappa shape index (κ1) is 29.3. The lowest BCUT2D eigenvalue weighted by atomic mass is 9.86. The summed E-state index contributed by atoms with van der Waals surface area (Å²) in [7, 11) is 4.02. The molecule has 0 aromatic heterocycles. The summed E-state index contributed by atoms with van der Waals surface area (Å²) in [4.78, 5) is 26.8. The number of hydrogen-bond donors (Lipinski definition) is 2. The second-order valence-electron chi connectivity index (χ2n) is 11.6. The number of ether oxygens (including phenoxy) is 1. The third-order valence-electron chi connectivity index (χ3n) is 7.12. The van der Waals surface area contributed by atoms with Gasteiger partial charge >= 0.3 is 5.97 Å². The van der Waals surface area contributed by atoms with Crippen molar-refractivity contribution in [3.8, 4) is 0 Å². The molecule has 0 saturated carbocycles. The van der Waals surface area contributed by atoms with Crippen LogP contribution in [0.25, 0.3) is 0 Å². The van der Waals surface area contributed by atoms with E-state index in [2.05, 4.69) is 72.7 Å². The average molecular weight is 520 g/mol. The number of nitrogens with zero attached hydrogens (tertiary/aromatic N) is 1. The Kier molecular flexibility index (Phi) is 10.0. The van der Waals surface area contributed by atoms with Crippen LogP contribution >= 0.6 is 0 Å². The normalized spacial score (nSPS) is 14.9. The number of cyclic esters (lactones) is 1. The van der Waals surface area contributed by atoms with E-state index < -0.39 is 5.97 Å². The molecule has 3 rings (SSSR count). The maximum atomic E-state index is 12.4. The Morgan fingerprint density at radius 3 is 2.08 bits per heavy atom. The highest BCUT2D eigenvalue weighted by atomic mass is 16.5. The van der Waals surface area contributed by atoms with Gasteiger partial charge in [-0.1, -0.05) is 64.3 Å². The van der Waals surface area contributed by atoms with Gasteiger partial charge < -0.3 is 20.3 Å². The molecule has 0 spiro atoms. The van der Waals surface area contributed by atoms with Crippen molar-refractivity contribution in [2.24, 2.45) is 0 Å². The molecule has 1 heterocycles. The average Bonchev–Trinajstić information content (AvgIpc) is 3.19. The van der Waals surface area contributed by atoms with Crippen molar-refractivity contribution < 1.29 is 14.3 Å². The van der Waals surface area contributed by atoms with Crippen LogP contribution in [-0.2, 0) is 26.2 Å². The summed E-state index contributed by atoms with van der Waals surface area (Å²) < 4.78 is 5.01. The third kappa shape index (κ3) is 7.86. The highest BCUT2D eigenvalue weighted by Crippen LogP contribution is 2.28. The first-order valence-electron chi connectivity index (χ1n) is 13.8. The van der Waals surface area contributed by atoms with Crippen molar-refractivity contribution in [2.45, 2.75) is 78.6 Å². The van der Waals surface area contributed by atoms with Gasteiger partial charge in [-0.25, -0.2) is 4.79 Å². The second kappa shape index (κ2) is 13.0.